The van der Waals surface area contributed by atoms with E-state index < -0.39 is 12.1 Å². The summed E-state index contributed by atoms with van der Waals surface area (Å²) in [6.45, 7) is 2.36. The molecule has 2 aliphatic heterocycles. The van der Waals surface area contributed by atoms with Crippen LogP contribution in [-0.2, 0) is 10.4 Å². The van der Waals surface area contributed by atoms with Crippen LogP contribution in [0.1, 0.15) is 5.69 Å². The highest BCUT2D eigenvalue weighted by atomic mass is 19.3. The van der Waals surface area contributed by atoms with Gasteiger partial charge in [-0.1, -0.05) is 12.1 Å². The summed E-state index contributed by atoms with van der Waals surface area (Å²) in [4.78, 5) is 11.3. The van der Waals surface area contributed by atoms with Crippen molar-refractivity contribution in [1.29, 1.82) is 0 Å². The Bertz CT molecular complexity index is 1060. The van der Waals surface area contributed by atoms with Gasteiger partial charge in [0, 0.05) is 30.4 Å². The van der Waals surface area contributed by atoms with Gasteiger partial charge < -0.3 is 26.0 Å². The van der Waals surface area contributed by atoms with Crippen LogP contribution >= 0.6 is 0 Å². The number of morpholine rings is 1. The Balaban J connectivity index is 1.64. The first-order chi connectivity index (χ1) is 15.0. The van der Waals surface area contributed by atoms with E-state index in [4.69, 9.17) is 10.5 Å². The Morgan fingerprint density at radius 3 is 2.23 bits per heavy atom. The fourth-order valence-electron chi connectivity index (χ4n) is 3.86. The highest BCUT2D eigenvalue weighted by Gasteiger charge is 2.48. The Kier molecular flexibility index (Phi) is 4.82. The minimum Gasteiger partial charge on any atom is -0.399 e. The number of rotatable bonds is 4. The topological polar surface area (TPSA) is 88.3 Å². The van der Waals surface area contributed by atoms with Crippen molar-refractivity contribution in [2.75, 3.05) is 47.6 Å². The van der Waals surface area contributed by atoms with Crippen LogP contribution in [0.25, 0.3) is 11.4 Å². The number of alkyl halides is 2. The molecule has 4 N–H and O–H groups in total. The quantitative estimate of drug-likeness (QED) is 0.553. The third-order valence-electron chi connectivity index (χ3n) is 5.54. The van der Waals surface area contributed by atoms with Crippen molar-refractivity contribution < 1.29 is 13.5 Å². The van der Waals surface area contributed by atoms with Gasteiger partial charge in [-0.15, -0.1) is 0 Å². The summed E-state index contributed by atoms with van der Waals surface area (Å²) >= 11 is 0. The van der Waals surface area contributed by atoms with Crippen molar-refractivity contribution in [1.82, 2.24) is 9.97 Å². The summed E-state index contributed by atoms with van der Waals surface area (Å²) in [5.41, 5.74) is 6.62. The molecule has 1 saturated heterocycles. The summed E-state index contributed by atoms with van der Waals surface area (Å²) in [6.07, 6.45) is -2.77. The maximum absolute atomic E-state index is 14.6. The monoisotopic (exact) mass is 424 g/mol. The predicted octanol–water partition coefficient (Wildman–Crippen LogP) is 3.52. The molecule has 0 spiro atoms. The number of halogens is 2. The zero-order valence-electron chi connectivity index (χ0n) is 16.7. The maximum Gasteiger partial charge on any atom is 0.285 e. The molecule has 0 amide bonds. The molecule has 9 heteroatoms. The molecule has 7 nitrogen and oxygen atoms in total. The number of hydrogen-bond acceptors (Lipinski definition) is 7. The SMILES string of the molecule is Nc1ccc(-c2nc(N3CCOCC3)cc(C3(C(F)F)Nc4ccccc4N3)n2)cc1. The van der Waals surface area contributed by atoms with Gasteiger partial charge in [-0.05, 0) is 36.4 Å². The zero-order chi connectivity index (χ0) is 21.4. The van der Waals surface area contributed by atoms with E-state index in [2.05, 4.69) is 20.6 Å². The van der Waals surface area contributed by atoms with Gasteiger partial charge in [-0.2, -0.15) is 0 Å². The van der Waals surface area contributed by atoms with E-state index in [0.29, 0.717) is 60.6 Å². The minimum atomic E-state index is -2.77. The molecule has 0 radical (unpaired) electrons. The molecule has 0 unspecified atom stereocenters. The minimum absolute atomic E-state index is 0.169. The second-order valence-corrected chi connectivity index (χ2v) is 7.56. The average molecular weight is 424 g/mol. The highest BCUT2D eigenvalue weighted by molar-refractivity contribution is 5.77. The molecule has 1 fully saturated rings. The molecule has 3 aromatic rings. The van der Waals surface area contributed by atoms with Crippen LogP contribution in [0.4, 0.5) is 31.7 Å². The van der Waals surface area contributed by atoms with Gasteiger partial charge in [0.05, 0.1) is 30.3 Å². The number of ether oxygens (including phenoxy) is 1. The molecule has 1 aromatic heterocycles. The summed E-state index contributed by atoms with van der Waals surface area (Å²) in [5, 5.41) is 5.93. The number of para-hydroxylation sites is 2. The molecule has 2 aromatic carbocycles. The van der Waals surface area contributed by atoms with Crippen LogP contribution in [0.15, 0.2) is 54.6 Å². The van der Waals surface area contributed by atoms with E-state index in [-0.39, 0.29) is 5.69 Å². The van der Waals surface area contributed by atoms with Crippen molar-refractivity contribution in [2.24, 2.45) is 0 Å². The smallest absolute Gasteiger partial charge is 0.285 e. The Labute approximate surface area is 178 Å². The van der Waals surface area contributed by atoms with Gasteiger partial charge in [0.1, 0.15) is 5.82 Å². The average Bonchev–Trinajstić information content (AvgIpc) is 3.21. The van der Waals surface area contributed by atoms with Gasteiger partial charge in [0.2, 0.25) is 5.66 Å². The molecule has 3 heterocycles. The lowest BCUT2D eigenvalue weighted by Crippen LogP contribution is -2.47. The molecule has 2 aliphatic rings. The largest absolute Gasteiger partial charge is 0.399 e. The third-order valence-corrected chi connectivity index (χ3v) is 5.54. The van der Waals surface area contributed by atoms with Crippen molar-refractivity contribution >= 4 is 22.9 Å². The normalized spacial score (nSPS) is 17.2. The first-order valence-corrected chi connectivity index (χ1v) is 10.1. The summed E-state index contributed by atoms with van der Waals surface area (Å²) in [7, 11) is 0. The lowest BCUT2D eigenvalue weighted by Gasteiger charge is -2.32. The predicted molar refractivity (Wildman–Crippen MR) is 116 cm³/mol. The standard InChI is InChI=1S/C22H22F2N6O/c23-21(24)22(28-16-3-1-2-4-17(16)29-22)18-13-19(30-9-11-31-12-10-30)27-20(26-18)14-5-7-15(25)8-6-14/h1-8,13,21,28-29H,9-12,25H2. The first-order valence-electron chi connectivity index (χ1n) is 10.1. The number of anilines is 4. The summed E-state index contributed by atoms with van der Waals surface area (Å²) in [6, 6.07) is 15.8. The molecular weight excluding hydrogens is 402 g/mol. The van der Waals surface area contributed by atoms with Crippen LogP contribution in [0.5, 0.6) is 0 Å². The molecule has 0 aliphatic carbocycles. The van der Waals surface area contributed by atoms with Crippen molar-refractivity contribution in [3.05, 3.63) is 60.3 Å². The van der Waals surface area contributed by atoms with E-state index in [9.17, 15) is 8.78 Å². The Hall–Kier alpha value is -3.46. The Morgan fingerprint density at radius 2 is 1.61 bits per heavy atom. The van der Waals surface area contributed by atoms with E-state index in [0.717, 1.165) is 0 Å². The van der Waals surface area contributed by atoms with Crippen LogP contribution in [-0.4, -0.2) is 42.7 Å². The molecular formula is C22H22F2N6O. The first kappa shape index (κ1) is 19.5. The van der Waals surface area contributed by atoms with Crippen molar-refractivity contribution in [3.8, 4) is 11.4 Å². The lowest BCUT2D eigenvalue weighted by atomic mass is 10.1. The van der Waals surface area contributed by atoms with Crippen LogP contribution < -0.4 is 21.3 Å². The fourth-order valence-corrected chi connectivity index (χ4v) is 3.86. The fraction of sp³-hybridized carbons (Fsp3) is 0.273. The number of nitrogens with two attached hydrogens (primary N) is 1. The van der Waals surface area contributed by atoms with Crippen molar-refractivity contribution in [2.45, 2.75) is 12.1 Å². The van der Waals surface area contributed by atoms with E-state index >= 15 is 0 Å². The molecule has 5 rings (SSSR count). The van der Waals surface area contributed by atoms with E-state index in [1.54, 1.807) is 54.6 Å². The van der Waals surface area contributed by atoms with Crippen LogP contribution in [0.2, 0.25) is 0 Å². The maximum atomic E-state index is 14.6. The Morgan fingerprint density at radius 1 is 0.968 bits per heavy atom. The molecule has 0 atom stereocenters. The number of nitrogens with zero attached hydrogens (tertiary/aromatic N) is 3. The number of hydrogen-bond donors (Lipinski definition) is 3. The van der Waals surface area contributed by atoms with Gasteiger partial charge in [0.15, 0.2) is 5.82 Å². The van der Waals surface area contributed by atoms with Gasteiger partial charge in [0.25, 0.3) is 6.43 Å². The van der Waals surface area contributed by atoms with E-state index in [1.807, 2.05) is 4.90 Å². The number of benzene rings is 2. The third kappa shape index (κ3) is 3.50. The van der Waals surface area contributed by atoms with Gasteiger partial charge in [-0.25, -0.2) is 18.7 Å². The molecule has 31 heavy (non-hydrogen) atoms. The van der Waals surface area contributed by atoms with Crippen LogP contribution in [0, 0.1) is 0 Å². The summed E-state index contributed by atoms with van der Waals surface area (Å²) in [5.74, 6) is 0.943. The number of nitrogen functional groups attached to an aromatic ring is 1. The molecule has 0 saturated carbocycles. The van der Waals surface area contributed by atoms with E-state index in [1.165, 1.54) is 0 Å². The second kappa shape index (κ2) is 7.66. The number of aromatic nitrogens is 2. The number of fused-ring (bicyclic) bond motifs is 1. The molecule has 160 valence electrons. The second-order valence-electron chi connectivity index (χ2n) is 7.56. The van der Waals surface area contributed by atoms with Crippen molar-refractivity contribution in [3.63, 3.8) is 0 Å². The lowest BCUT2D eigenvalue weighted by molar-refractivity contribution is 0.0795. The van der Waals surface area contributed by atoms with Gasteiger partial charge in [-0.3, -0.25) is 0 Å². The van der Waals surface area contributed by atoms with Crippen LogP contribution in [0.3, 0.4) is 0 Å². The van der Waals surface area contributed by atoms with Gasteiger partial charge >= 0.3 is 0 Å². The highest BCUT2D eigenvalue weighted by Crippen LogP contribution is 2.43. The number of nitrogens with one attached hydrogen (secondary N) is 2. The molecule has 0 bridgehead atoms. The summed E-state index contributed by atoms with van der Waals surface area (Å²) < 4.78 is 34.6. The zero-order valence-corrected chi connectivity index (χ0v) is 16.7.